The summed E-state index contributed by atoms with van der Waals surface area (Å²) in [6.45, 7) is 6.95. The number of amides is 1. The molecule has 0 saturated carbocycles. The number of carbonyl (C=O) groups excluding carboxylic acids is 1. The Morgan fingerprint density at radius 2 is 2.11 bits per heavy atom. The molecule has 1 fully saturated rings. The highest BCUT2D eigenvalue weighted by molar-refractivity contribution is 5.94. The van der Waals surface area contributed by atoms with Gasteiger partial charge in [0.05, 0.1) is 5.92 Å². The van der Waals surface area contributed by atoms with Crippen LogP contribution in [0.5, 0.6) is 0 Å². The molecule has 2 atom stereocenters. The van der Waals surface area contributed by atoms with Crippen molar-refractivity contribution in [2.45, 2.75) is 32.7 Å². The van der Waals surface area contributed by atoms with E-state index in [0.29, 0.717) is 12.5 Å². The van der Waals surface area contributed by atoms with Crippen molar-refractivity contribution in [1.29, 1.82) is 0 Å². The number of anilines is 1. The van der Waals surface area contributed by atoms with Crippen molar-refractivity contribution in [2.75, 3.05) is 11.9 Å². The van der Waals surface area contributed by atoms with Crippen LogP contribution in [-0.4, -0.2) is 18.5 Å². The number of hydrazine groups is 1. The number of hydrogen-bond donors (Lipinski definition) is 3. The van der Waals surface area contributed by atoms with Crippen LogP contribution in [-0.2, 0) is 4.79 Å². The van der Waals surface area contributed by atoms with Crippen LogP contribution < -0.4 is 16.2 Å². The van der Waals surface area contributed by atoms with Crippen molar-refractivity contribution in [3.05, 3.63) is 29.8 Å². The highest BCUT2D eigenvalue weighted by atomic mass is 16.2. The first-order valence-electron chi connectivity index (χ1n) is 6.47. The van der Waals surface area contributed by atoms with Crippen molar-refractivity contribution in [3.8, 4) is 0 Å². The molecule has 0 aliphatic carbocycles. The van der Waals surface area contributed by atoms with Crippen LogP contribution in [0.4, 0.5) is 5.69 Å². The van der Waals surface area contributed by atoms with E-state index >= 15 is 0 Å². The SMILES string of the molecule is CC(C)c1ccccc1NC(=O)C1CNNC1C. The second-order valence-electron chi connectivity index (χ2n) is 5.15. The first-order valence-corrected chi connectivity index (χ1v) is 6.47. The summed E-state index contributed by atoms with van der Waals surface area (Å²) in [5.74, 6) is 0.456. The summed E-state index contributed by atoms with van der Waals surface area (Å²) in [7, 11) is 0. The standard InChI is InChI=1S/C14H21N3O/c1-9(2)11-6-4-5-7-13(11)16-14(18)12-8-15-17-10(12)3/h4-7,9-10,12,15,17H,8H2,1-3H3,(H,16,18). The van der Waals surface area contributed by atoms with E-state index < -0.39 is 0 Å². The lowest BCUT2D eigenvalue weighted by atomic mass is 9.99. The summed E-state index contributed by atoms with van der Waals surface area (Å²) in [4.78, 5) is 12.2. The normalized spacial score (nSPS) is 23.3. The second-order valence-corrected chi connectivity index (χ2v) is 5.15. The topological polar surface area (TPSA) is 53.2 Å². The lowest BCUT2D eigenvalue weighted by Gasteiger charge is -2.17. The minimum absolute atomic E-state index is 0.0229. The van der Waals surface area contributed by atoms with Gasteiger partial charge in [-0.05, 0) is 24.5 Å². The summed E-state index contributed by atoms with van der Waals surface area (Å²) in [5.41, 5.74) is 8.18. The molecule has 1 amide bonds. The predicted molar refractivity (Wildman–Crippen MR) is 73.3 cm³/mol. The van der Waals surface area contributed by atoms with E-state index in [1.807, 2.05) is 25.1 Å². The van der Waals surface area contributed by atoms with Crippen LogP contribution >= 0.6 is 0 Å². The maximum Gasteiger partial charge on any atom is 0.230 e. The summed E-state index contributed by atoms with van der Waals surface area (Å²) >= 11 is 0. The van der Waals surface area contributed by atoms with Gasteiger partial charge in [-0.3, -0.25) is 15.6 Å². The molecule has 0 aromatic heterocycles. The van der Waals surface area contributed by atoms with Crippen LogP contribution in [0, 0.1) is 5.92 Å². The molecule has 0 bridgehead atoms. The Morgan fingerprint density at radius 3 is 2.72 bits per heavy atom. The Kier molecular flexibility index (Phi) is 3.99. The predicted octanol–water partition coefficient (Wildman–Crippen LogP) is 1.86. The van der Waals surface area contributed by atoms with E-state index in [-0.39, 0.29) is 17.9 Å². The largest absolute Gasteiger partial charge is 0.325 e. The van der Waals surface area contributed by atoms with E-state index in [1.54, 1.807) is 0 Å². The zero-order valence-corrected chi connectivity index (χ0v) is 11.2. The molecule has 4 heteroatoms. The van der Waals surface area contributed by atoms with Gasteiger partial charge in [0.15, 0.2) is 0 Å². The summed E-state index contributed by atoms with van der Waals surface area (Å²) < 4.78 is 0. The Morgan fingerprint density at radius 1 is 1.39 bits per heavy atom. The molecule has 1 aliphatic rings. The minimum atomic E-state index is -0.0229. The van der Waals surface area contributed by atoms with Gasteiger partial charge in [-0.15, -0.1) is 0 Å². The van der Waals surface area contributed by atoms with Crippen LogP contribution in [0.1, 0.15) is 32.3 Å². The third kappa shape index (κ3) is 2.71. The molecule has 0 spiro atoms. The van der Waals surface area contributed by atoms with Gasteiger partial charge in [0, 0.05) is 18.3 Å². The number of nitrogens with one attached hydrogen (secondary N) is 3. The highest BCUT2D eigenvalue weighted by Crippen LogP contribution is 2.24. The average molecular weight is 247 g/mol. The molecular formula is C14H21N3O. The van der Waals surface area contributed by atoms with Gasteiger partial charge in [0.25, 0.3) is 0 Å². The molecule has 1 aliphatic heterocycles. The monoisotopic (exact) mass is 247 g/mol. The number of benzene rings is 1. The number of rotatable bonds is 3. The van der Waals surface area contributed by atoms with Gasteiger partial charge in [-0.25, -0.2) is 0 Å². The molecule has 1 aromatic carbocycles. The molecule has 3 N–H and O–H groups in total. The van der Waals surface area contributed by atoms with Gasteiger partial charge in [-0.1, -0.05) is 32.0 Å². The fourth-order valence-corrected chi connectivity index (χ4v) is 2.27. The third-order valence-corrected chi connectivity index (χ3v) is 3.43. The van der Waals surface area contributed by atoms with E-state index in [9.17, 15) is 4.79 Å². The molecule has 98 valence electrons. The Balaban J connectivity index is 2.11. The van der Waals surface area contributed by atoms with E-state index in [4.69, 9.17) is 0 Å². The van der Waals surface area contributed by atoms with Gasteiger partial charge in [0.2, 0.25) is 5.91 Å². The minimum Gasteiger partial charge on any atom is -0.325 e. The Labute approximate surface area is 108 Å². The van der Waals surface area contributed by atoms with Gasteiger partial charge >= 0.3 is 0 Å². The van der Waals surface area contributed by atoms with E-state index in [2.05, 4.69) is 36.1 Å². The van der Waals surface area contributed by atoms with Crippen molar-refractivity contribution < 1.29 is 4.79 Å². The molecule has 18 heavy (non-hydrogen) atoms. The first-order chi connectivity index (χ1) is 8.59. The summed E-state index contributed by atoms with van der Waals surface area (Å²) in [6, 6.07) is 8.15. The number of hydrogen-bond acceptors (Lipinski definition) is 3. The zero-order chi connectivity index (χ0) is 13.1. The molecule has 1 saturated heterocycles. The lowest BCUT2D eigenvalue weighted by molar-refractivity contribution is -0.119. The van der Waals surface area contributed by atoms with Crippen molar-refractivity contribution >= 4 is 11.6 Å². The summed E-state index contributed by atoms with van der Waals surface area (Å²) in [6.07, 6.45) is 0. The highest BCUT2D eigenvalue weighted by Gasteiger charge is 2.29. The zero-order valence-electron chi connectivity index (χ0n) is 11.2. The average Bonchev–Trinajstić information content (AvgIpc) is 2.76. The van der Waals surface area contributed by atoms with Crippen LogP contribution in [0.25, 0.3) is 0 Å². The molecule has 1 aromatic rings. The number of para-hydroxylation sites is 1. The van der Waals surface area contributed by atoms with Crippen LogP contribution in [0.2, 0.25) is 0 Å². The van der Waals surface area contributed by atoms with Gasteiger partial charge in [0.1, 0.15) is 0 Å². The maximum atomic E-state index is 12.2. The Hall–Kier alpha value is -1.39. The summed E-state index contributed by atoms with van der Waals surface area (Å²) in [5, 5.41) is 3.05. The molecule has 1 heterocycles. The lowest BCUT2D eigenvalue weighted by Crippen LogP contribution is -2.33. The van der Waals surface area contributed by atoms with E-state index in [1.165, 1.54) is 5.56 Å². The quantitative estimate of drug-likeness (QED) is 0.764. The maximum absolute atomic E-state index is 12.2. The molecule has 4 nitrogen and oxygen atoms in total. The first kappa shape index (κ1) is 13.1. The van der Waals surface area contributed by atoms with Crippen LogP contribution in [0.15, 0.2) is 24.3 Å². The smallest absolute Gasteiger partial charge is 0.230 e. The Bertz CT molecular complexity index is 431. The molecule has 0 radical (unpaired) electrons. The number of carbonyl (C=O) groups is 1. The fraction of sp³-hybridized carbons (Fsp3) is 0.500. The van der Waals surface area contributed by atoms with Crippen molar-refractivity contribution in [3.63, 3.8) is 0 Å². The van der Waals surface area contributed by atoms with E-state index in [0.717, 1.165) is 5.69 Å². The molecule has 2 unspecified atom stereocenters. The third-order valence-electron chi connectivity index (χ3n) is 3.43. The van der Waals surface area contributed by atoms with Gasteiger partial charge in [-0.2, -0.15) is 0 Å². The van der Waals surface area contributed by atoms with Gasteiger partial charge < -0.3 is 5.32 Å². The van der Waals surface area contributed by atoms with Crippen LogP contribution in [0.3, 0.4) is 0 Å². The molecular weight excluding hydrogens is 226 g/mol. The fourth-order valence-electron chi connectivity index (χ4n) is 2.27. The van der Waals surface area contributed by atoms with Crippen molar-refractivity contribution in [1.82, 2.24) is 10.9 Å². The molecule has 2 rings (SSSR count). The van der Waals surface area contributed by atoms with Crippen molar-refractivity contribution in [2.24, 2.45) is 5.92 Å². The second kappa shape index (κ2) is 5.50.